The van der Waals surface area contributed by atoms with E-state index in [2.05, 4.69) is 0 Å². The molecule has 3 rings (SSSR count). The summed E-state index contributed by atoms with van der Waals surface area (Å²) in [6, 6.07) is 13.2. The molecule has 1 saturated heterocycles. The zero-order chi connectivity index (χ0) is 22.6. The van der Waals surface area contributed by atoms with Crippen LogP contribution in [-0.2, 0) is 14.8 Å². The number of sulfonamides is 1. The highest BCUT2D eigenvalue weighted by Crippen LogP contribution is 2.23. The van der Waals surface area contributed by atoms with Crippen LogP contribution in [0.15, 0.2) is 48.5 Å². The number of hydrogen-bond acceptors (Lipinski definition) is 5. The van der Waals surface area contributed by atoms with Crippen LogP contribution in [0.5, 0.6) is 5.75 Å². The molecular formula is C22H28FN3O4S. The molecule has 2 aromatic rings. The number of amides is 1. The number of ether oxygens (including phenoxy) is 1. The van der Waals surface area contributed by atoms with Crippen molar-refractivity contribution >= 4 is 27.3 Å². The van der Waals surface area contributed by atoms with E-state index in [4.69, 9.17) is 4.74 Å². The first-order valence-electron chi connectivity index (χ1n) is 10.2. The highest BCUT2D eigenvalue weighted by molar-refractivity contribution is 7.92. The number of halogens is 1. The first-order valence-corrected chi connectivity index (χ1v) is 12.0. The normalized spacial score (nSPS) is 15.5. The fourth-order valence-corrected chi connectivity index (χ4v) is 3.98. The van der Waals surface area contributed by atoms with Gasteiger partial charge in [0.2, 0.25) is 10.0 Å². The van der Waals surface area contributed by atoms with Crippen molar-refractivity contribution in [1.82, 2.24) is 4.90 Å². The molecule has 0 N–H and O–H groups in total. The minimum Gasteiger partial charge on any atom is -0.481 e. The number of carbonyl (C=O) groups is 1. The molecule has 1 heterocycles. The van der Waals surface area contributed by atoms with E-state index in [0.29, 0.717) is 49.7 Å². The molecule has 7 nitrogen and oxygen atoms in total. The Morgan fingerprint density at radius 3 is 2.26 bits per heavy atom. The molecule has 1 aliphatic rings. The number of benzene rings is 2. The molecule has 0 aromatic heterocycles. The van der Waals surface area contributed by atoms with E-state index in [1.54, 1.807) is 47.4 Å². The van der Waals surface area contributed by atoms with Gasteiger partial charge in [0.1, 0.15) is 11.6 Å². The summed E-state index contributed by atoms with van der Waals surface area (Å²) in [6.45, 7) is 3.96. The number of anilines is 2. The lowest BCUT2D eigenvalue weighted by Gasteiger charge is -2.37. The molecule has 168 valence electrons. The highest BCUT2D eigenvalue weighted by Gasteiger charge is 2.28. The molecule has 1 fully saturated rings. The Kier molecular flexibility index (Phi) is 7.04. The van der Waals surface area contributed by atoms with Gasteiger partial charge < -0.3 is 14.5 Å². The molecule has 0 spiro atoms. The third-order valence-electron chi connectivity index (χ3n) is 5.41. The number of piperazine rings is 1. The molecule has 2 aromatic carbocycles. The number of nitrogens with zero attached hydrogens (tertiary/aromatic N) is 3. The molecule has 9 heteroatoms. The predicted molar refractivity (Wildman–Crippen MR) is 120 cm³/mol. The van der Waals surface area contributed by atoms with Gasteiger partial charge in [-0.2, -0.15) is 0 Å². The maximum absolute atomic E-state index is 14.0. The van der Waals surface area contributed by atoms with Gasteiger partial charge in [-0.1, -0.05) is 19.1 Å². The average molecular weight is 450 g/mol. The van der Waals surface area contributed by atoms with Gasteiger partial charge in [0.15, 0.2) is 6.10 Å². The molecule has 1 amide bonds. The van der Waals surface area contributed by atoms with Crippen molar-refractivity contribution in [2.45, 2.75) is 19.4 Å². The molecule has 31 heavy (non-hydrogen) atoms. The third kappa shape index (κ3) is 5.46. The quantitative estimate of drug-likeness (QED) is 0.650. The molecule has 0 saturated carbocycles. The monoisotopic (exact) mass is 449 g/mol. The van der Waals surface area contributed by atoms with Crippen LogP contribution in [0.4, 0.5) is 15.8 Å². The van der Waals surface area contributed by atoms with Crippen LogP contribution in [-0.4, -0.2) is 64.8 Å². The van der Waals surface area contributed by atoms with Crippen LogP contribution in [0, 0.1) is 5.82 Å². The van der Waals surface area contributed by atoms with Gasteiger partial charge >= 0.3 is 0 Å². The van der Waals surface area contributed by atoms with Crippen molar-refractivity contribution < 1.29 is 22.3 Å². The second kappa shape index (κ2) is 9.55. The van der Waals surface area contributed by atoms with Gasteiger partial charge in [-0.3, -0.25) is 9.10 Å². The van der Waals surface area contributed by atoms with Crippen molar-refractivity contribution in [1.29, 1.82) is 0 Å². The fourth-order valence-electron chi connectivity index (χ4n) is 3.48. The summed E-state index contributed by atoms with van der Waals surface area (Å²) in [5.41, 5.74) is 1.07. The topological polar surface area (TPSA) is 70.2 Å². The van der Waals surface area contributed by atoms with Crippen LogP contribution in [0.1, 0.15) is 13.3 Å². The Morgan fingerprint density at radius 2 is 1.71 bits per heavy atom. The van der Waals surface area contributed by atoms with E-state index < -0.39 is 16.1 Å². The lowest BCUT2D eigenvalue weighted by molar-refractivity contribution is -0.139. The standard InChI is InChI=1S/C22H28FN3O4S/c1-4-21(30-18-11-9-17(10-12-18)24(2)31(3,28)29)22(27)26-15-13-25(14-16-26)20-8-6-5-7-19(20)23/h5-12,21H,4,13-16H2,1-3H3. The van der Waals surface area contributed by atoms with E-state index in [1.165, 1.54) is 17.4 Å². The van der Waals surface area contributed by atoms with Gasteiger partial charge in [0.05, 0.1) is 17.6 Å². The van der Waals surface area contributed by atoms with Crippen LogP contribution < -0.4 is 13.9 Å². The summed E-state index contributed by atoms with van der Waals surface area (Å²) in [7, 11) is -1.87. The minimum absolute atomic E-state index is 0.104. The lowest BCUT2D eigenvalue weighted by atomic mass is 10.2. The van der Waals surface area contributed by atoms with Gasteiger partial charge in [-0.25, -0.2) is 12.8 Å². The largest absolute Gasteiger partial charge is 0.481 e. The summed E-state index contributed by atoms with van der Waals surface area (Å²) in [5.74, 6) is 0.130. The van der Waals surface area contributed by atoms with Crippen LogP contribution >= 0.6 is 0 Å². The number of carbonyl (C=O) groups excluding carboxylic acids is 1. The Labute approximate surface area is 183 Å². The number of rotatable bonds is 7. The Hall–Kier alpha value is -2.81. The van der Waals surface area contributed by atoms with Gasteiger partial charge in [-0.05, 0) is 42.8 Å². The van der Waals surface area contributed by atoms with E-state index >= 15 is 0 Å². The van der Waals surface area contributed by atoms with Crippen molar-refractivity contribution in [3.8, 4) is 5.75 Å². The summed E-state index contributed by atoms with van der Waals surface area (Å²) in [4.78, 5) is 16.7. The number of para-hydroxylation sites is 1. The molecule has 0 bridgehead atoms. The lowest BCUT2D eigenvalue weighted by Crippen LogP contribution is -2.52. The minimum atomic E-state index is -3.35. The van der Waals surface area contributed by atoms with Gasteiger partial charge in [0.25, 0.3) is 5.91 Å². The predicted octanol–water partition coefficient (Wildman–Crippen LogP) is 2.73. The zero-order valence-corrected chi connectivity index (χ0v) is 18.8. The van der Waals surface area contributed by atoms with Crippen LogP contribution in [0.2, 0.25) is 0 Å². The van der Waals surface area contributed by atoms with Crippen molar-refractivity contribution in [3.63, 3.8) is 0 Å². The van der Waals surface area contributed by atoms with Crippen molar-refractivity contribution in [2.75, 3.05) is 48.7 Å². The third-order valence-corrected chi connectivity index (χ3v) is 6.61. The van der Waals surface area contributed by atoms with E-state index in [0.717, 1.165) is 6.26 Å². The summed E-state index contributed by atoms with van der Waals surface area (Å²) in [5, 5.41) is 0. The second-order valence-corrected chi connectivity index (χ2v) is 9.52. The van der Waals surface area contributed by atoms with Crippen molar-refractivity contribution in [3.05, 3.63) is 54.3 Å². The Morgan fingerprint density at radius 1 is 1.10 bits per heavy atom. The van der Waals surface area contributed by atoms with Crippen LogP contribution in [0.3, 0.4) is 0 Å². The highest BCUT2D eigenvalue weighted by atomic mass is 32.2. The maximum atomic E-state index is 14.0. The fraction of sp³-hybridized carbons (Fsp3) is 0.409. The SMILES string of the molecule is CCC(Oc1ccc(N(C)S(C)(=O)=O)cc1)C(=O)N1CCN(c2ccccc2F)CC1. The molecule has 0 aliphatic carbocycles. The summed E-state index contributed by atoms with van der Waals surface area (Å²) < 4.78 is 44.4. The van der Waals surface area contributed by atoms with E-state index in [-0.39, 0.29) is 11.7 Å². The van der Waals surface area contributed by atoms with Gasteiger partial charge in [0, 0.05) is 33.2 Å². The second-order valence-electron chi connectivity index (χ2n) is 7.50. The molecular weight excluding hydrogens is 421 g/mol. The molecule has 1 atom stereocenters. The number of hydrogen-bond donors (Lipinski definition) is 0. The van der Waals surface area contributed by atoms with E-state index in [9.17, 15) is 17.6 Å². The van der Waals surface area contributed by atoms with E-state index in [1.807, 2.05) is 11.8 Å². The average Bonchev–Trinajstić information content (AvgIpc) is 2.77. The zero-order valence-electron chi connectivity index (χ0n) is 18.0. The first kappa shape index (κ1) is 22.9. The summed E-state index contributed by atoms with van der Waals surface area (Å²) in [6.07, 6.45) is 0.991. The molecule has 1 aliphatic heterocycles. The maximum Gasteiger partial charge on any atom is 0.263 e. The van der Waals surface area contributed by atoms with Crippen LogP contribution in [0.25, 0.3) is 0 Å². The van der Waals surface area contributed by atoms with Crippen molar-refractivity contribution in [2.24, 2.45) is 0 Å². The first-order chi connectivity index (χ1) is 14.7. The van der Waals surface area contributed by atoms with Gasteiger partial charge in [-0.15, -0.1) is 0 Å². The smallest absolute Gasteiger partial charge is 0.263 e. The Bertz CT molecular complexity index is 1010. The molecule has 0 radical (unpaired) electrons. The summed E-state index contributed by atoms with van der Waals surface area (Å²) >= 11 is 0. The Balaban J connectivity index is 1.60. The molecule has 1 unspecified atom stereocenters.